The molecular formula is C11H17NO2. The summed E-state index contributed by atoms with van der Waals surface area (Å²) in [4.78, 5) is 11.9. The molecule has 0 aliphatic carbocycles. The third-order valence-corrected chi connectivity index (χ3v) is 2.67. The van der Waals surface area contributed by atoms with E-state index in [0.29, 0.717) is 6.61 Å². The highest BCUT2D eigenvalue weighted by Gasteiger charge is 2.30. The van der Waals surface area contributed by atoms with Gasteiger partial charge in [0, 0.05) is 12.5 Å². The van der Waals surface area contributed by atoms with Crippen LogP contribution in [0.2, 0.25) is 0 Å². The number of ketones is 1. The molecule has 0 aromatic heterocycles. The van der Waals surface area contributed by atoms with E-state index in [-0.39, 0.29) is 17.6 Å². The first-order valence-corrected chi connectivity index (χ1v) is 5.18. The van der Waals surface area contributed by atoms with Gasteiger partial charge in [0.05, 0.1) is 12.7 Å². The average molecular weight is 195 g/mol. The van der Waals surface area contributed by atoms with E-state index in [2.05, 4.69) is 6.07 Å². The number of Topliss-reactive ketones (excluding diaryl/α,β-unsaturated/α-hetero) is 1. The molecule has 0 bridgehead atoms. The highest BCUT2D eigenvalue weighted by molar-refractivity contribution is 5.86. The lowest BCUT2D eigenvalue weighted by Gasteiger charge is -2.23. The summed E-state index contributed by atoms with van der Waals surface area (Å²) in [7, 11) is 0. The standard InChI is InChI=1S/C11H17NO2/c1-8(2)10(6-12)11(13)9-4-3-5-14-7-9/h8-10H,3-5,7H2,1-2H3. The predicted octanol–water partition coefficient (Wildman–Crippen LogP) is 1.78. The summed E-state index contributed by atoms with van der Waals surface area (Å²) in [5.41, 5.74) is 0. The van der Waals surface area contributed by atoms with Crippen LogP contribution in [0.25, 0.3) is 0 Å². The molecule has 1 saturated heterocycles. The Hall–Kier alpha value is -0.880. The number of ether oxygens (including phenoxy) is 1. The molecule has 1 rings (SSSR count). The number of hydrogen-bond acceptors (Lipinski definition) is 3. The second-order valence-corrected chi connectivity index (χ2v) is 4.17. The van der Waals surface area contributed by atoms with Crippen molar-refractivity contribution in [2.75, 3.05) is 13.2 Å². The van der Waals surface area contributed by atoms with E-state index >= 15 is 0 Å². The van der Waals surface area contributed by atoms with Gasteiger partial charge < -0.3 is 4.74 Å². The Morgan fingerprint density at radius 1 is 1.57 bits per heavy atom. The summed E-state index contributed by atoms with van der Waals surface area (Å²) in [5, 5.41) is 8.89. The van der Waals surface area contributed by atoms with Gasteiger partial charge in [-0.25, -0.2) is 0 Å². The van der Waals surface area contributed by atoms with E-state index in [9.17, 15) is 4.79 Å². The van der Waals surface area contributed by atoms with Crippen LogP contribution in [0.1, 0.15) is 26.7 Å². The fraction of sp³-hybridized carbons (Fsp3) is 0.818. The average Bonchev–Trinajstić information content (AvgIpc) is 2.19. The lowest BCUT2D eigenvalue weighted by Crippen LogP contribution is -2.32. The minimum Gasteiger partial charge on any atom is -0.381 e. The quantitative estimate of drug-likeness (QED) is 0.689. The highest BCUT2D eigenvalue weighted by Crippen LogP contribution is 2.22. The lowest BCUT2D eigenvalue weighted by molar-refractivity contribution is -0.130. The molecule has 1 aliphatic heterocycles. The molecule has 1 aliphatic rings. The van der Waals surface area contributed by atoms with E-state index in [0.717, 1.165) is 19.4 Å². The third-order valence-electron chi connectivity index (χ3n) is 2.67. The van der Waals surface area contributed by atoms with Gasteiger partial charge >= 0.3 is 0 Å². The lowest BCUT2D eigenvalue weighted by atomic mass is 9.84. The Bertz CT molecular complexity index is 236. The van der Waals surface area contributed by atoms with Crippen molar-refractivity contribution in [1.29, 1.82) is 5.26 Å². The van der Waals surface area contributed by atoms with Crippen molar-refractivity contribution < 1.29 is 9.53 Å². The molecule has 3 nitrogen and oxygen atoms in total. The predicted molar refractivity (Wildman–Crippen MR) is 52.5 cm³/mol. The van der Waals surface area contributed by atoms with Crippen LogP contribution in [-0.2, 0) is 9.53 Å². The van der Waals surface area contributed by atoms with Crippen molar-refractivity contribution in [3.8, 4) is 6.07 Å². The summed E-state index contributed by atoms with van der Waals surface area (Å²) in [6.45, 7) is 5.08. The van der Waals surface area contributed by atoms with Crippen molar-refractivity contribution in [2.45, 2.75) is 26.7 Å². The second kappa shape index (κ2) is 5.11. The van der Waals surface area contributed by atoms with Crippen molar-refractivity contribution in [2.24, 2.45) is 17.8 Å². The van der Waals surface area contributed by atoms with E-state index in [1.54, 1.807) is 0 Å². The maximum Gasteiger partial charge on any atom is 0.155 e. The monoisotopic (exact) mass is 195 g/mol. The summed E-state index contributed by atoms with van der Waals surface area (Å²) < 4.78 is 5.25. The molecule has 2 unspecified atom stereocenters. The Morgan fingerprint density at radius 2 is 2.29 bits per heavy atom. The fourth-order valence-corrected chi connectivity index (χ4v) is 1.76. The first-order chi connectivity index (χ1) is 6.66. The first kappa shape index (κ1) is 11.2. The van der Waals surface area contributed by atoms with Crippen LogP contribution in [0, 0.1) is 29.1 Å². The second-order valence-electron chi connectivity index (χ2n) is 4.17. The van der Waals surface area contributed by atoms with E-state index in [1.165, 1.54) is 0 Å². The van der Waals surface area contributed by atoms with Gasteiger partial charge in [-0.05, 0) is 18.8 Å². The maximum absolute atomic E-state index is 11.9. The maximum atomic E-state index is 11.9. The molecular weight excluding hydrogens is 178 g/mol. The van der Waals surface area contributed by atoms with E-state index < -0.39 is 5.92 Å². The molecule has 0 aromatic rings. The molecule has 0 saturated carbocycles. The van der Waals surface area contributed by atoms with Crippen LogP contribution >= 0.6 is 0 Å². The smallest absolute Gasteiger partial charge is 0.155 e. The topological polar surface area (TPSA) is 50.1 Å². The van der Waals surface area contributed by atoms with Crippen LogP contribution in [0.4, 0.5) is 0 Å². The minimum absolute atomic E-state index is 0.0456. The van der Waals surface area contributed by atoms with Gasteiger partial charge in [0.15, 0.2) is 5.78 Å². The molecule has 0 radical (unpaired) electrons. The van der Waals surface area contributed by atoms with Crippen LogP contribution in [-0.4, -0.2) is 19.0 Å². The SMILES string of the molecule is CC(C)C(C#N)C(=O)C1CCCOC1. The number of rotatable bonds is 3. The van der Waals surface area contributed by atoms with Crippen LogP contribution in [0.3, 0.4) is 0 Å². The molecule has 78 valence electrons. The molecule has 1 fully saturated rings. The molecule has 0 spiro atoms. The third kappa shape index (κ3) is 2.55. The van der Waals surface area contributed by atoms with Crippen molar-refractivity contribution in [1.82, 2.24) is 0 Å². The van der Waals surface area contributed by atoms with E-state index in [1.807, 2.05) is 13.8 Å². The zero-order valence-electron chi connectivity index (χ0n) is 8.82. The Balaban J connectivity index is 2.58. The number of carbonyl (C=O) groups is 1. The van der Waals surface area contributed by atoms with Crippen molar-refractivity contribution in [3.05, 3.63) is 0 Å². The number of nitriles is 1. The fourth-order valence-electron chi connectivity index (χ4n) is 1.76. The van der Waals surface area contributed by atoms with Gasteiger partial charge in [0.2, 0.25) is 0 Å². The minimum atomic E-state index is -0.457. The Labute approximate surface area is 85.1 Å². The van der Waals surface area contributed by atoms with Gasteiger partial charge in [0.25, 0.3) is 0 Å². The normalized spacial score (nSPS) is 24.3. The molecule has 14 heavy (non-hydrogen) atoms. The summed E-state index contributed by atoms with van der Waals surface area (Å²) in [6.07, 6.45) is 1.82. The molecule has 0 N–H and O–H groups in total. The zero-order valence-corrected chi connectivity index (χ0v) is 8.82. The van der Waals surface area contributed by atoms with Gasteiger partial charge in [-0.1, -0.05) is 13.8 Å². The first-order valence-electron chi connectivity index (χ1n) is 5.18. The van der Waals surface area contributed by atoms with Crippen LogP contribution in [0.5, 0.6) is 0 Å². The zero-order chi connectivity index (χ0) is 10.6. The summed E-state index contributed by atoms with van der Waals surface area (Å²) in [6, 6.07) is 2.09. The number of nitrogens with zero attached hydrogens (tertiary/aromatic N) is 1. The number of carbonyl (C=O) groups excluding carboxylic acids is 1. The number of hydrogen-bond donors (Lipinski definition) is 0. The molecule has 1 heterocycles. The van der Waals surface area contributed by atoms with Crippen molar-refractivity contribution in [3.63, 3.8) is 0 Å². The van der Waals surface area contributed by atoms with Gasteiger partial charge in [-0.2, -0.15) is 5.26 Å². The van der Waals surface area contributed by atoms with Gasteiger partial charge in [-0.15, -0.1) is 0 Å². The highest BCUT2D eigenvalue weighted by atomic mass is 16.5. The molecule has 3 heteroatoms. The van der Waals surface area contributed by atoms with Crippen LogP contribution < -0.4 is 0 Å². The Kier molecular flexibility index (Phi) is 4.09. The van der Waals surface area contributed by atoms with Crippen LogP contribution in [0.15, 0.2) is 0 Å². The summed E-state index contributed by atoms with van der Waals surface area (Å²) in [5.74, 6) is -0.325. The molecule has 0 amide bonds. The molecule has 2 atom stereocenters. The molecule has 0 aromatic carbocycles. The van der Waals surface area contributed by atoms with E-state index in [4.69, 9.17) is 10.00 Å². The largest absolute Gasteiger partial charge is 0.381 e. The van der Waals surface area contributed by atoms with Gasteiger partial charge in [-0.3, -0.25) is 4.79 Å². The van der Waals surface area contributed by atoms with Gasteiger partial charge in [0.1, 0.15) is 5.92 Å². The Morgan fingerprint density at radius 3 is 2.71 bits per heavy atom. The summed E-state index contributed by atoms with van der Waals surface area (Å²) >= 11 is 0. The van der Waals surface area contributed by atoms with Crippen molar-refractivity contribution >= 4 is 5.78 Å².